The van der Waals surface area contributed by atoms with Crippen molar-refractivity contribution in [3.8, 4) is 0 Å². The quantitative estimate of drug-likeness (QED) is 0.837. The second kappa shape index (κ2) is 6.10. The number of benzene rings is 1. The number of hydrogen-bond acceptors (Lipinski definition) is 2. The van der Waals surface area contributed by atoms with E-state index in [4.69, 9.17) is 0 Å². The topological polar surface area (TPSA) is 23.6 Å². The van der Waals surface area contributed by atoms with Crippen molar-refractivity contribution in [1.29, 1.82) is 0 Å². The van der Waals surface area contributed by atoms with Gasteiger partial charge >= 0.3 is 0 Å². The van der Waals surface area contributed by atoms with Crippen molar-refractivity contribution < 1.29 is 13.6 Å². The Hall–Kier alpha value is -1.49. The standard InChI is InChI=1S/C16H20F2N2O/c17-13-6-3-7-14(18)15(13)16(21)20-10-8-19(9-11-20)12-4-1-2-5-12/h3,6-7,12H,1-2,4-5,8-11H2. The largest absolute Gasteiger partial charge is 0.336 e. The zero-order valence-corrected chi connectivity index (χ0v) is 12.0. The van der Waals surface area contributed by atoms with Crippen molar-refractivity contribution in [3.63, 3.8) is 0 Å². The molecule has 0 aromatic heterocycles. The van der Waals surface area contributed by atoms with Gasteiger partial charge in [0, 0.05) is 32.2 Å². The zero-order chi connectivity index (χ0) is 14.8. The molecule has 5 heteroatoms. The van der Waals surface area contributed by atoms with Gasteiger partial charge in [-0.3, -0.25) is 9.69 Å². The Morgan fingerprint density at radius 2 is 1.57 bits per heavy atom. The molecule has 1 aliphatic carbocycles. The predicted octanol–water partition coefficient (Wildman–Crippen LogP) is 2.67. The molecule has 0 atom stereocenters. The maximum atomic E-state index is 13.7. The molecule has 0 unspecified atom stereocenters. The Morgan fingerprint density at radius 1 is 1.00 bits per heavy atom. The van der Waals surface area contributed by atoms with Crippen LogP contribution in [0.5, 0.6) is 0 Å². The van der Waals surface area contributed by atoms with Gasteiger partial charge in [-0.1, -0.05) is 18.9 Å². The average molecular weight is 294 g/mol. The van der Waals surface area contributed by atoms with Crippen molar-refractivity contribution in [2.24, 2.45) is 0 Å². The normalized spacial score (nSPS) is 21.0. The summed E-state index contributed by atoms with van der Waals surface area (Å²) in [7, 11) is 0. The third kappa shape index (κ3) is 2.93. The highest BCUT2D eigenvalue weighted by molar-refractivity contribution is 5.94. The van der Waals surface area contributed by atoms with E-state index in [1.54, 1.807) is 4.90 Å². The van der Waals surface area contributed by atoms with Crippen LogP contribution in [0.25, 0.3) is 0 Å². The number of amides is 1. The van der Waals surface area contributed by atoms with Crippen LogP contribution in [0, 0.1) is 11.6 Å². The van der Waals surface area contributed by atoms with Crippen molar-refractivity contribution >= 4 is 5.91 Å². The zero-order valence-electron chi connectivity index (χ0n) is 12.0. The fourth-order valence-corrected chi connectivity index (χ4v) is 3.42. The van der Waals surface area contributed by atoms with Gasteiger partial charge in [0.2, 0.25) is 0 Å². The molecule has 114 valence electrons. The SMILES string of the molecule is O=C(c1c(F)cccc1F)N1CCN(C2CCCC2)CC1. The van der Waals surface area contributed by atoms with Gasteiger partial charge < -0.3 is 4.90 Å². The summed E-state index contributed by atoms with van der Waals surface area (Å²) in [5, 5.41) is 0. The lowest BCUT2D eigenvalue weighted by atomic mass is 10.1. The molecule has 3 rings (SSSR count). The van der Waals surface area contributed by atoms with Crippen molar-refractivity contribution in [2.45, 2.75) is 31.7 Å². The van der Waals surface area contributed by atoms with Crippen LogP contribution in [-0.4, -0.2) is 47.9 Å². The molecule has 21 heavy (non-hydrogen) atoms. The van der Waals surface area contributed by atoms with Crippen molar-refractivity contribution in [2.75, 3.05) is 26.2 Å². The maximum absolute atomic E-state index is 13.7. The van der Waals surface area contributed by atoms with Gasteiger partial charge in [-0.2, -0.15) is 0 Å². The van der Waals surface area contributed by atoms with Gasteiger partial charge in [0.1, 0.15) is 17.2 Å². The van der Waals surface area contributed by atoms with Gasteiger partial charge in [0.15, 0.2) is 0 Å². The maximum Gasteiger partial charge on any atom is 0.259 e. The van der Waals surface area contributed by atoms with Crippen LogP contribution in [0.15, 0.2) is 18.2 Å². The summed E-state index contributed by atoms with van der Waals surface area (Å²) in [6.07, 6.45) is 5.03. The summed E-state index contributed by atoms with van der Waals surface area (Å²) in [4.78, 5) is 16.3. The van der Waals surface area contributed by atoms with Crippen LogP contribution < -0.4 is 0 Å². The lowest BCUT2D eigenvalue weighted by molar-refractivity contribution is 0.0564. The van der Waals surface area contributed by atoms with Gasteiger partial charge in [-0.25, -0.2) is 8.78 Å². The Bertz CT molecular complexity index is 501. The van der Waals surface area contributed by atoms with E-state index in [0.29, 0.717) is 19.1 Å². The van der Waals surface area contributed by atoms with Crippen molar-refractivity contribution in [1.82, 2.24) is 9.80 Å². The first-order valence-electron chi connectivity index (χ1n) is 7.64. The molecule has 1 heterocycles. The second-order valence-electron chi connectivity index (χ2n) is 5.86. The molecular weight excluding hydrogens is 274 g/mol. The predicted molar refractivity (Wildman–Crippen MR) is 76.1 cm³/mol. The van der Waals surface area contributed by atoms with Gasteiger partial charge in [-0.05, 0) is 25.0 Å². The van der Waals surface area contributed by atoms with E-state index in [1.165, 1.54) is 31.7 Å². The van der Waals surface area contributed by atoms with Crippen LogP contribution in [0.3, 0.4) is 0 Å². The lowest BCUT2D eigenvalue weighted by Crippen LogP contribution is -2.51. The summed E-state index contributed by atoms with van der Waals surface area (Å²) in [6, 6.07) is 4.17. The number of carbonyl (C=O) groups excluding carboxylic acids is 1. The van der Waals surface area contributed by atoms with E-state index in [1.807, 2.05) is 0 Å². The Labute approximate surface area is 123 Å². The second-order valence-corrected chi connectivity index (χ2v) is 5.86. The third-order valence-corrected chi connectivity index (χ3v) is 4.62. The summed E-state index contributed by atoms with van der Waals surface area (Å²) in [6.45, 7) is 2.69. The fraction of sp³-hybridized carbons (Fsp3) is 0.562. The van der Waals surface area contributed by atoms with E-state index >= 15 is 0 Å². The number of halogens is 2. The van der Waals surface area contributed by atoms with E-state index in [9.17, 15) is 13.6 Å². The van der Waals surface area contributed by atoms with Crippen molar-refractivity contribution in [3.05, 3.63) is 35.4 Å². The van der Waals surface area contributed by atoms with Gasteiger partial charge in [-0.15, -0.1) is 0 Å². The molecule has 2 fully saturated rings. The van der Waals surface area contributed by atoms with Gasteiger partial charge in [0.25, 0.3) is 5.91 Å². The molecule has 3 nitrogen and oxygen atoms in total. The Morgan fingerprint density at radius 3 is 2.14 bits per heavy atom. The van der Waals surface area contributed by atoms with Crippen LogP contribution in [0.4, 0.5) is 8.78 Å². The molecule has 0 spiro atoms. The molecule has 1 saturated carbocycles. The van der Waals surface area contributed by atoms with E-state index < -0.39 is 23.1 Å². The van der Waals surface area contributed by atoms with Crippen LogP contribution in [0.1, 0.15) is 36.0 Å². The molecular formula is C16H20F2N2O. The smallest absolute Gasteiger partial charge is 0.259 e. The molecule has 2 aliphatic rings. The molecule has 1 aromatic carbocycles. The minimum absolute atomic E-state index is 0.424. The summed E-state index contributed by atoms with van der Waals surface area (Å²) < 4.78 is 27.4. The molecule has 1 aliphatic heterocycles. The highest BCUT2D eigenvalue weighted by Crippen LogP contribution is 2.25. The third-order valence-electron chi connectivity index (χ3n) is 4.62. The average Bonchev–Trinajstić information content (AvgIpc) is 3.01. The number of rotatable bonds is 2. The van der Waals surface area contributed by atoms with Crippen LogP contribution >= 0.6 is 0 Å². The molecule has 1 aromatic rings. The van der Waals surface area contributed by atoms with Crippen LogP contribution in [0.2, 0.25) is 0 Å². The van der Waals surface area contributed by atoms with Crippen LogP contribution in [-0.2, 0) is 0 Å². The molecule has 1 saturated heterocycles. The Balaban J connectivity index is 1.65. The summed E-state index contributed by atoms with van der Waals surface area (Å²) >= 11 is 0. The van der Waals surface area contributed by atoms with E-state index in [-0.39, 0.29) is 0 Å². The minimum atomic E-state index is -0.779. The highest BCUT2D eigenvalue weighted by Gasteiger charge is 2.30. The summed E-state index contributed by atoms with van der Waals surface area (Å²) in [5.41, 5.74) is -0.424. The molecule has 1 amide bonds. The number of piperazine rings is 1. The molecule has 0 N–H and O–H groups in total. The van der Waals surface area contributed by atoms with E-state index in [0.717, 1.165) is 25.2 Å². The molecule has 0 bridgehead atoms. The first-order valence-corrected chi connectivity index (χ1v) is 7.64. The fourth-order valence-electron chi connectivity index (χ4n) is 3.42. The summed E-state index contributed by atoms with van der Waals surface area (Å²) in [5.74, 6) is -2.09. The highest BCUT2D eigenvalue weighted by atomic mass is 19.1. The first kappa shape index (κ1) is 14.4. The first-order chi connectivity index (χ1) is 10.2. The Kier molecular flexibility index (Phi) is 4.19. The van der Waals surface area contributed by atoms with E-state index in [2.05, 4.69) is 4.90 Å². The number of carbonyl (C=O) groups is 1. The lowest BCUT2D eigenvalue weighted by Gasteiger charge is -2.38. The number of nitrogens with zero attached hydrogens (tertiary/aromatic N) is 2. The minimum Gasteiger partial charge on any atom is -0.336 e. The monoisotopic (exact) mass is 294 g/mol. The van der Waals surface area contributed by atoms with Gasteiger partial charge in [0.05, 0.1) is 0 Å². The molecule has 0 radical (unpaired) electrons. The number of hydrogen-bond donors (Lipinski definition) is 0.